The molecule has 2 heterocycles. The van der Waals surface area contributed by atoms with Gasteiger partial charge in [0.1, 0.15) is 18.2 Å². The molecular weight excluding hydrogens is 406 g/mol. The molecular formula is C25H27N3O2S. The highest BCUT2D eigenvalue weighted by Crippen LogP contribution is 2.19. The van der Waals surface area contributed by atoms with Crippen LogP contribution in [0.3, 0.4) is 0 Å². The van der Waals surface area contributed by atoms with Crippen LogP contribution in [-0.4, -0.2) is 28.6 Å². The van der Waals surface area contributed by atoms with Crippen molar-refractivity contribution in [2.24, 2.45) is 0 Å². The molecule has 6 heteroatoms. The summed E-state index contributed by atoms with van der Waals surface area (Å²) in [5, 5.41) is 4.91. The number of aryl methyl sites for hydroxylation is 3. The molecule has 2 aromatic heterocycles. The Labute approximate surface area is 186 Å². The summed E-state index contributed by atoms with van der Waals surface area (Å²) in [5.74, 6) is 1.91. The van der Waals surface area contributed by atoms with E-state index in [0.29, 0.717) is 13.2 Å². The molecule has 4 rings (SSSR count). The standard InChI is InChI=1S/C25H27N3O2S/c1-18-11-12-20(17-19(18)2)30-15-14-28-22-8-4-3-7-21(22)27-24(28)10-5-13-26-25(29)23-9-6-16-31-23/h3-4,6-9,11-12,16-17H,5,10,13-15H2,1-2H3,(H,26,29). The molecule has 0 fully saturated rings. The van der Waals surface area contributed by atoms with E-state index in [1.165, 1.54) is 22.5 Å². The van der Waals surface area contributed by atoms with E-state index in [4.69, 9.17) is 9.72 Å². The average molecular weight is 434 g/mol. The first-order valence-electron chi connectivity index (χ1n) is 10.6. The van der Waals surface area contributed by atoms with Crippen LogP contribution in [0.2, 0.25) is 0 Å². The summed E-state index contributed by atoms with van der Waals surface area (Å²) in [7, 11) is 0. The number of para-hydroxylation sites is 2. The summed E-state index contributed by atoms with van der Waals surface area (Å²) in [5.41, 5.74) is 4.60. The number of amides is 1. The molecule has 0 unspecified atom stereocenters. The molecule has 4 aromatic rings. The topological polar surface area (TPSA) is 56.1 Å². The Kier molecular flexibility index (Phi) is 6.67. The fourth-order valence-electron chi connectivity index (χ4n) is 3.57. The lowest BCUT2D eigenvalue weighted by Gasteiger charge is -2.12. The first-order chi connectivity index (χ1) is 15.1. The van der Waals surface area contributed by atoms with Gasteiger partial charge in [0.25, 0.3) is 5.91 Å². The second-order valence-electron chi connectivity index (χ2n) is 7.60. The van der Waals surface area contributed by atoms with Crippen LogP contribution in [0, 0.1) is 13.8 Å². The van der Waals surface area contributed by atoms with Crippen molar-refractivity contribution in [2.45, 2.75) is 33.2 Å². The molecule has 0 saturated heterocycles. The quantitative estimate of drug-likeness (QED) is 0.371. The van der Waals surface area contributed by atoms with E-state index in [1.807, 2.05) is 41.8 Å². The van der Waals surface area contributed by atoms with Crippen LogP contribution >= 0.6 is 11.3 Å². The minimum Gasteiger partial charge on any atom is -0.492 e. The number of thiophene rings is 1. The van der Waals surface area contributed by atoms with Gasteiger partial charge in [0.2, 0.25) is 0 Å². The van der Waals surface area contributed by atoms with Crippen LogP contribution in [0.5, 0.6) is 5.75 Å². The first-order valence-corrected chi connectivity index (χ1v) is 11.5. The fraction of sp³-hybridized carbons (Fsp3) is 0.280. The number of carbonyl (C=O) groups is 1. The number of ether oxygens (including phenoxy) is 1. The number of carbonyl (C=O) groups excluding carboxylic acids is 1. The third kappa shape index (κ3) is 5.14. The SMILES string of the molecule is Cc1ccc(OCCn2c(CCCNC(=O)c3cccs3)nc3ccccc32)cc1C. The van der Waals surface area contributed by atoms with Gasteiger partial charge in [-0.05, 0) is 67.1 Å². The van der Waals surface area contributed by atoms with Crippen molar-refractivity contribution in [3.05, 3.63) is 81.8 Å². The predicted molar refractivity (Wildman–Crippen MR) is 126 cm³/mol. The zero-order valence-electron chi connectivity index (χ0n) is 17.9. The van der Waals surface area contributed by atoms with Crippen LogP contribution < -0.4 is 10.1 Å². The fourth-order valence-corrected chi connectivity index (χ4v) is 4.21. The molecule has 0 atom stereocenters. The summed E-state index contributed by atoms with van der Waals surface area (Å²) < 4.78 is 8.25. The normalized spacial score (nSPS) is 11.0. The number of nitrogens with one attached hydrogen (secondary N) is 1. The maximum atomic E-state index is 12.1. The highest BCUT2D eigenvalue weighted by molar-refractivity contribution is 7.12. The number of fused-ring (bicyclic) bond motifs is 1. The molecule has 0 aliphatic heterocycles. The highest BCUT2D eigenvalue weighted by Gasteiger charge is 2.11. The largest absolute Gasteiger partial charge is 0.492 e. The lowest BCUT2D eigenvalue weighted by molar-refractivity contribution is 0.0957. The van der Waals surface area contributed by atoms with Gasteiger partial charge in [0.05, 0.1) is 22.5 Å². The molecule has 0 aliphatic carbocycles. The second kappa shape index (κ2) is 9.79. The summed E-state index contributed by atoms with van der Waals surface area (Å²) in [4.78, 5) is 17.7. The maximum absolute atomic E-state index is 12.1. The van der Waals surface area contributed by atoms with Gasteiger partial charge in [-0.25, -0.2) is 4.98 Å². The number of nitrogens with zero attached hydrogens (tertiary/aromatic N) is 2. The van der Waals surface area contributed by atoms with Crippen LogP contribution in [0.25, 0.3) is 11.0 Å². The Morgan fingerprint density at radius 2 is 1.97 bits per heavy atom. The van der Waals surface area contributed by atoms with Crippen molar-refractivity contribution in [3.8, 4) is 5.75 Å². The molecule has 0 spiro atoms. The number of aromatic nitrogens is 2. The predicted octanol–water partition coefficient (Wildman–Crippen LogP) is 5.16. The highest BCUT2D eigenvalue weighted by atomic mass is 32.1. The van der Waals surface area contributed by atoms with Crippen LogP contribution in [0.15, 0.2) is 60.0 Å². The Morgan fingerprint density at radius 1 is 1.10 bits per heavy atom. The zero-order chi connectivity index (χ0) is 21.6. The van der Waals surface area contributed by atoms with Gasteiger partial charge in [-0.15, -0.1) is 11.3 Å². The Bertz CT molecular complexity index is 1160. The van der Waals surface area contributed by atoms with Gasteiger partial charge >= 0.3 is 0 Å². The molecule has 0 aliphatic rings. The third-order valence-corrected chi connectivity index (χ3v) is 6.27. The van der Waals surface area contributed by atoms with E-state index in [9.17, 15) is 4.79 Å². The Hall–Kier alpha value is -3.12. The van der Waals surface area contributed by atoms with Gasteiger partial charge < -0.3 is 14.6 Å². The number of benzene rings is 2. The van der Waals surface area contributed by atoms with Crippen LogP contribution in [-0.2, 0) is 13.0 Å². The summed E-state index contributed by atoms with van der Waals surface area (Å²) >= 11 is 1.46. The van der Waals surface area contributed by atoms with Gasteiger partial charge in [0, 0.05) is 13.0 Å². The van der Waals surface area contributed by atoms with Crippen molar-refractivity contribution in [1.29, 1.82) is 0 Å². The van der Waals surface area contributed by atoms with E-state index in [0.717, 1.165) is 46.9 Å². The molecule has 1 N–H and O–H groups in total. The molecule has 0 radical (unpaired) electrons. The van der Waals surface area contributed by atoms with Crippen LogP contribution in [0.1, 0.15) is 33.0 Å². The lowest BCUT2D eigenvalue weighted by atomic mass is 10.1. The van der Waals surface area contributed by atoms with Crippen LogP contribution in [0.4, 0.5) is 0 Å². The number of hydrogen-bond donors (Lipinski definition) is 1. The summed E-state index contributed by atoms with van der Waals surface area (Å²) in [6.45, 7) is 6.13. The molecule has 31 heavy (non-hydrogen) atoms. The summed E-state index contributed by atoms with van der Waals surface area (Å²) in [6, 6.07) is 18.1. The van der Waals surface area contributed by atoms with Gasteiger partial charge in [0.15, 0.2) is 0 Å². The smallest absolute Gasteiger partial charge is 0.261 e. The van der Waals surface area contributed by atoms with E-state index >= 15 is 0 Å². The van der Waals surface area contributed by atoms with E-state index < -0.39 is 0 Å². The maximum Gasteiger partial charge on any atom is 0.261 e. The molecule has 0 bridgehead atoms. The van der Waals surface area contributed by atoms with E-state index in [1.54, 1.807) is 0 Å². The van der Waals surface area contributed by atoms with E-state index in [2.05, 4.69) is 41.9 Å². The monoisotopic (exact) mass is 433 g/mol. The molecule has 5 nitrogen and oxygen atoms in total. The van der Waals surface area contributed by atoms with Crippen molar-refractivity contribution < 1.29 is 9.53 Å². The minimum atomic E-state index is -0.00899. The number of rotatable bonds is 9. The third-order valence-electron chi connectivity index (χ3n) is 5.40. The van der Waals surface area contributed by atoms with Crippen molar-refractivity contribution in [2.75, 3.05) is 13.2 Å². The first kappa shape index (κ1) is 21.1. The van der Waals surface area contributed by atoms with Crippen molar-refractivity contribution in [3.63, 3.8) is 0 Å². The lowest BCUT2D eigenvalue weighted by Crippen LogP contribution is -2.24. The van der Waals surface area contributed by atoms with Crippen molar-refractivity contribution in [1.82, 2.24) is 14.9 Å². The van der Waals surface area contributed by atoms with Gasteiger partial charge in [-0.3, -0.25) is 4.79 Å². The molecule has 1 amide bonds. The van der Waals surface area contributed by atoms with Crippen molar-refractivity contribution >= 4 is 28.3 Å². The number of imidazole rings is 1. The number of hydrogen-bond acceptors (Lipinski definition) is 4. The molecule has 2 aromatic carbocycles. The molecule has 160 valence electrons. The minimum absolute atomic E-state index is 0.00899. The zero-order valence-corrected chi connectivity index (χ0v) is 18.7. The second-order valence-corrected chi connectivity index (χ2v) is 8.55. The van der Waals surface area contributed by atoms with Gasteiger partial charge in [-0.1, -0.05) is 24.3 Å². The average Bonchev–Trinajstić information content (AvgIpc) is 3.42. The van der Waals surface area contributed by atoms with Gasteiger partial charge in [-0.2, -0.15) is 0 Å². The molecule has 0 saturated carbocycles. The Morgan fingerprint density at radius 3 is 2.77 bits per heavy atom. The van der Waals surface area contributed by atoms with E-state index in [-0.39, 0.29) is 5.91 Å². The summed E-state index contributed by atoms with van der Waals surface area (Å²) in [6.07, 6.45) is 1.63. The Balaban J connectivity index is 1.38.